The molecule has 21 heavy (non-hydrogen) atoms. The number of nitrogens with one attached hydrogen (secondary N) is 1. The molecule has 4 nitrogen and oxygen atoms in total. The molecule has 0 amide bonds. The Morgan fingerprint density at radius 2 is 1.81 bits per heavy atom. The van der Waals surface area contributed by atoms with E-state index in [4.69, 9.17) is 0 Å². The van der Waals surface area contributed by atoms with Gasteiger partial charge in [-0.3, -0.25) is 4.90 Å². The first-order valence-electron chi connectivity index (χ1n) is 8.46. The quantitative estimate of drug-likeness (QED) is 0.843. The smallest absolute Gasteiger partial charge is 0.153 e. The van der Waals surface area contributed by atoms with Crippen LogP contribution in [-0.2, 0) is 9.84 Å². The lowest BCUT2D eigenvalue weighted by atomic mass is 9.89. The minimum atomic E-state index is -2.94. The van der Waals surface area contributed by atoms with Gasteiger partial charge in [0.1, 0.15) is 0 Å². The van der Waals surface area contributed by atoms with Crippen molar-refractivity contribution < 1.29 is 8.42 Å². The highest BCUT2D eigenvalue weighted by Crippen LogP contribution is 2.34. The molecule has 2 fully saturated rings. The molecule has 1 atom stereocenters. The highest BCUT2D eigenvalue weighted by Gasteiger charge is 2.41. The Balaban J connectivity index is 2.04. The van der Waals surface area contributed by atoms with E-state index < -0.39 is 9.84 Å². The van der Waals surface area contributed by atoms with Gasteiger partial charge in [0, 0.05) is 31.2 Å². The summed E-state index contributed by atoms with van der Waals surface area (Å²) in [5, 5.41) is 3.52. The van der Waals surface area contributed by atoms with Crippen molar-refractivity contribution in [3.05, 3.63) is 0 Å². The molecule has 1 spiro atoms. The van der Waals surface area contributed by atoms with Gasteiger partial charge >= 0.3 is 0 Å². The maximum absolute atomic E-state index is 12.1. The molecule has 2 rings (SSSR count). The van der Waals surface area contributed by atoms with Gasteiger partial charge in [-0.1, -0.05) is 26.7 Å². The maximum Gasteiger partial charge on any atom is 0.153 e. The van der Waals surface area contributed by atoms with E-state index in [-0.39, 0.29) is 10.8 Å². The fourth-order valence-electron chi connectivity index (χ4n) is 3.78. The van der Waals surface area contributed by atoms with Crippen LogP contribution < -0.4 is 5.32 Å². The summed E-state index contributed by atoms with van der Waals surface area (Å²) in [4.78, 5) is 2.45. The second-order valence-electron chi connectivity index (χ2n) is 7.57. The molecule has 124 valence electrons. The lowest BCUT2D eigenvalue weighted by Gasteiger charge is -2.48. The molecule has 1 N–H and O–H groups in total. The van der Waals surface area contributed by atoms with E-state index in [1.807, 2.05) is 0 Å². The first-order chi connectivity index (χ1) is 9.76. The molecule has 5 heteroatoms. The van der Waals surface area contributed by atoms with Crippen molar-refractivity contribution in [2.24, 2.45) is 5.92 Å². The van der Waals surface area contributed by atoms with Gasteiger partial charge in [0.25, 0.3) is 0 Å². The first kappa shape index (κ1) is 17.2. The van der Waals surface area contributed by atoms with Gasteiger partial charge in [-0.15, -0.1) is 0 Å². The van der Waals surface area contributed by atoms with Crippen LogP contribution in [0.3, 0.4) is 0 Å². The molecule has 1 aliphatic heterocycles. The lowest BCUT2D eigenvalue weighted by molar-refractivity contribution is 0.0623. The van der Waals surface area contributed by atoms with E-state index in [2.05, 4.69) is 24.1 Å². The van der Waals surface area contributed by atoms with Gasteiger partial charge in [0.15, 0.2) is 9.84 Å². The third kappa shape index (κ3) is 3.99. The van der Waals surface area contributed by atoms with Crippen LogP contribution in [0.1, 0.15) is 53.4 Å². The molecule has 2 aliphatic rings. The summed E-state index contributed by atoms with van der Waals surface area (Å²) in [6.45, 7) is 10.7. The monoisotopic (exact) mass is 316 g/mol. The zero-order chi connectivity index (χ0) is 15.7. The second-order valence-corrected chi connectivity index (χ2v) is 10.2. The number of hydrogen-bond donors (Lipinski definition) is 1. The standard InChI is InChI=1S/C16H32N2O2S/c1-13(2)15-11-17-16(7-5-6-8-16)12-18(15)9-10-21(19,20)14(3)4/h13-15,17H,5-12H2,1-4H3. The predicted octanol–water partition coefficient (Wildman–Crippen LogP) is 2.05. The van der Waals surface area contributed by atoms with Crippen LogP contribution in [0.5, 0.6) is 0 Å². The van der Waals surface area contributed by atoms with Crippen LogP contribution in [0.25, 0.3) is 0 Å². The van der Waals surface area contributed by atoms with E-state index in [1.54, 1.807) is 13.8 Å². The summed E-state index contributed by atoms with van der Waals surface area (Å²) in [5.74, 6) is 0.849. The summed E-state index contributed by atoms with van der Waals surface area (Å²) in [7, 11) is -2.94. The first-order valence-corrected chi connectivity index (χ1v) is 10.2. The molecular formula is C16H32N2O2S. The normalized spacial score (nSPS) is 27.0. The molecule has 1 aliphatic carbocycles. The van der Waals surface area contributed by atoms with Crippen LogP contribution in [0.15, 0.2) is 0 Å². The maximum atomic E-state index is 12.1. The Bertz CT molecular complexity index is 439. The highest BCUT2D eigenvalue weighted by molar-refractivity contribution is 7.92. The van der Waals surface area contributed by atoms with Gasteiger partial charge in [-0.2, -0.15) is 0 Å². The van der Waals surface area contributed by atoms with Crippen molar-refractivity contribution >= 4 is 9.84 Å². The molecule has 0 bridgehead atoms. The van der Waals surface area contributed by atoms with Gasteiger partial charge in [-0.25, -0.2) is 8.42 Å². The molecule has 0 aromatic rings. The molecule has 1 heterocycles. The van der Waals surface area contributed by atoms with Gasteiger partial charge < -0.3 is 5.32 Å². The van der Waals surface area contributed by atoms with Crippen LogP contribution in [0.4, 0.5) is 0 Å². The minimum absolute atomic E-state index is 0.257. The molecule has 1 unspecified atom stereocenters. The third-order valence-corrected chi connectivity index (χ3v) is 7.56. The summed E-state index contributed by atoms with van der Waals surface area (Å²) in [5.41, 5.74) is 0.257. The van der Waals surface area contributed by atoms with Gasteiger partial charge in [0.05, 0.1) is 11.0 Å². The number of hydrogen-bond acceptors (Lipinski definition) is 4. The average molecular weight is 317 g/mol. The van der Waals surface area contributed by atoms with Crippen molar-refractivity contribution in [1.29, 1.82) is 0 Å². The molecular weight excluding hydrogens is 284 g/mol. The van der Waals surface area contributed by atoms with E-state index >= 15 is 0 Å². The average Bonchev–Trinajstić information content (AvgIpc) is 2.84. The summed E-state index contributed by atoms with van der Waals surface area (Å²) in [6, 6.07) is 0.457. The Hall–Kier alpha value is -0.130. The number of nitrogens with zero attached hydrogens (tertiary/aromatic N) is 1. The van der Waals surface area contributed by atoms with Crippen molar-refractivity contribution in [2.75, 3.05) is 25.4 Å². The predicted molar refractivity (Wildman–Crippen MR) is 88.3 cm³/mol. The fraction of sp³-hybridized carbons (Fsp3) is 1.00. The molecule has 1 saturated carbocycles. The Labute approximate surface area is 130 Å². The van der Waals surface area contributed by atoms with Gasteiger partial charge in [-0.05, 0) is 32.6 Å². The zero-order valence-electron chi connectivity index (χ0n) is 14.1. The molecule has 1 saturated heterocycles. The largest absolute Gasteiger partial charge is 0.308 e. The Morgan fingerprint density at radius 3 is 2.33 bits per heavy atom. The van der Waals surface area contributed by atoms with Gasteiger partial charge in [0.2, 0.25) is 0 Å². The molecule has 0 aromatic carbocycles. The molecule has 0 aromatic heterocycles. The van der Waals surface area contributed by atoms with Crippen molar-refractivity contribution in [3.8, 4) is 0 Å². The van der Waals surface area contributed by atoms with Crippen LogP contribution in [-0.4, -0.2) is 55.5 Å². The fourth-order valence-corrected chi connectivity index (χ4v) is 4.74. The minimum Gasteiger partial charge on any atom is -0.308 e. The third-order valence-electron chi connectivity index (χ3n) is 5.37. The van der Waals surface area contributed by atoms with Crippen molar-refractivity contribution in [3.63, 3.8) is 0 Å². The Kier molecular flexibility index (Phi) is 5.37. The summed E-state index contributed by atoms with van der Waals surface area (Å²) >= 11 is 0. The summed E-state index contributed by atoms with van der Waals surface area (Å²) in [6.07, 6.45) is 5.09. The van der Waals surface area contributed by atoms with E-state index in [0.717, 1.165) is 13.1 Å². The zero-order valence-corrected chi connectivity index (χ0v) is 14.9. The van der Waals surface area contributed by atoms with E-state index in [9.17, 15) is 8.42 Å². The van der Waals surface area contributed by atoms with Crippen molar-refractivity contribution in [2.45, 2.75) is 70.2 Å². The number of sulfone groups is 1. The van der Waals surface area contributed by atoms with E-state index in [0.29, 0.717) is 24.3 Å². The number of rotatable bonds is 5. The van der Waals surface area contributed by atoms with Crippen LogP contribution >= 0.6 is 0 Å². The SMILES string of the molecule is CC(C)C1CNC2(CCCC2)CN1CCS(=O)(=O)C(C)C. The molecule has 0 radical (unpaired) electrons. The highest BCUT2D eigenvalue weighted by atomic mass is 32.2. The number of piperazine rings is 1. The van der Waals surface area contributed by atoms with Crippen LogP contribution in [0, 0.1) is 5.92 Å². The second kappa shape index (κ2) is 6.55. The lowest BCUT2D eigenvalue weighted by Crippen LogP contribution is -2.64. The summed E-state index contributed by atoms with van der Waals surface area (Å²) < 4.78 is 24.2. The van der Waals surface area contributed by atoms with Crippen molar-refractivity contribution in [1.82, 2.24) is 10.2 Å². The topological polar surface area (TPSA) is 49.4 Å². The van der Waals surface area contributed by atoms with E-state index in [1.165, 1.54) is 25.7 Å². The Morgan fingerprint density at radius 1 is 1.19 bits per heavy atom. The van der Waals surface area contributed by atoms with Crippen LogP contribution in [0.2, 0.25) is 0 Å².